The van der Waals surface area contributed by atoms with E-state index in [0.29, 0.717) is 0 Å². The monoisotopic (exact) mass is 253 g/mol. The van der Waals surface area contributed by atoms with Crippen LogP contribution in [0.2, 0.25) is 0 Å². The van der Waals surface area contributed by atoms with Crippen molar-refractivity contribution in [3.63, 3.8) is 0 Å². The van der Waals surface area contributed by atoms with E-state index in [4.69, 9.17) is 0 Å². The predicted molar refractivity (Wildman–Crippen MR) is 73.7 cm³/mol. The number of aromatic nitrogens is 3. The third kappa shape index (κ3) is 1.90. The largest absolute Gasteiger partial charge is 0.383 e. The van der Waals surface area contributed by atoms with Gasteiger partial charge in [-0.3, -0.25) is 9.67 Å². The standard InChI is InChI=1S/C15H15N3O/c1-10-13(9-17-18(10)2)15(19)14-8-16-7-11-5-3-4-6-12(11)14/h3-9,15,19H,1-2H3. The van der Waals surface area contributed by atoms with Gasteiger partial charge in [0.2, 0.25) is 0 Å². The Bertz CT molecular complexity index is 728. The molecule has 0 saturated heterocycles. The van der Waals surface area contributed by atoms with E-state index in [1.54, 1.807) is 17.1 Å². The molecule has 1 atom stereocenters. The molecule has 19 heavy (non-hydrogen) atoms. The number of nitrogens with zero attached hydrogens (tertiary/aromatic N) is 3. The Balaban J connectivity index is 2.17. The first-order chi connectivity index (χ1) is 9.18. The van der Waals surface area contributed by atoms with Gasteiger partial charge in [0.15, 0.2) is 0 Å². The summed E-state index contributed by atoms with van der Waals surface area (Å²) in [6.07, 6.45) is 4.54. The number of aryl methyl sites for hydroxylation is 1. The minimum atomic E-state index is -0.702. The minimum absolute atomic E-state index is 0.702. The molecule has 0 spiro atoms. The van der Waals surface area contributed by atoms with E-state index in [9.17, 15) is 5.11 Å². The van der Waals surface area contributed by atoms with Crippen molar-refractivity contribution in [1.29, 1.82) is 0 Å². The molecule has 1 unspecified atom stereocenters. The molecule has 96 valence electrons. The Morgan fingerprint density at radius 1 is 1.11 bits per heavy atom. The van der Waals surface area contributed by atoms with E-state index in [2.05, 4.69) is 10.1 Å². The van der Waals surface area contributed by atoms with Gasteiger partial charge in [0.1, 0.15) is 6.10 Å². The van der Waals surface area contributed by atoms with Crippen molar-refractivity contribution >= 4 is 10.8 Å². The van der Waals surface area contributed by atoms with Gasteiger partial charge in [-0.25, -0.2) is 0 Å². The molecule has 3 rings (SSSR count). The maximum Gasteiger partial charge on any atom is 0.109 e. The van der Waals surface area contributed by atoms with Crippen molar-refractivity contribution in [3.8, 4) is 0 Å². The van der Waals surface area contributed by atoms with Gasteiger partial charge >= 0.3 is 0 Å². The number of fused-ring (bicyclic) bond motifs is 1. The van der Waals surface area contributed by atoms with Crippen LogP contribution in [-0.4, -0.2) is 19.9 Å². The van der Waals surface area contributed by atoms with Crippen LogP contribution in [0.1, 0.15) is 22.9 Å². The summed E-state index contributed by atoms with van der Waals surface area (Å²) in [5.41, 5.74) is 2.59. The van der Waals surface area contributed by atoms with E-state index < -0.39 is 6.10 Å². The highest BCUT2D eigenvalue weighted by Crippen LogP contribution is 2.29. The first-order valence-corrected chi connectivity index (χ1v) is 6.17. The zero-order valence-electron chi connectivity index (χ0n) is 10.9. The number of rotatable bonds is 2. The van der Waals surface area contributed by atoms with Crippen LogP contribution in [0.25, 0.3) is 10.8 Å². The van der Waals surface area contributed by atoms with Crippen molar-refractivity contribution in [2.75, 3.05) is 0 Å². The van der Waals surface area contributed by atoms with Crippen molar-refractivity contribution in [2.45, 2.75) is 13.0 Å². The quantitative estimate of drug-likeness (QED) is 0.762. The maximum absolute atomic E-state index is 10.6. The van der Waals surface area contributed by atoms with Crippen LogP contribution >= 0.6 is 0 Å². The number of aliphatic hydroxyl groups excluding tert-OH is 1. The molecule has 4 heteroatoms. The molecule has 0 saturated carbocycles. The zero-order chi connectivity index (χ0) is 13.4. The van der Waals surface area contributed by atoms with Gasteiger partial charge < -0.3 is 5.11 Å². The summed E-state index contributed by atoms with van der Waals surface area (Å²) in [5.74, 6) is 0. The molecule has 0 fully saturated rings. The fourth-order valence-electron chi connectivity index (χ4n) is 2.31. The Kier molecular flexibility index (Phi) is 2.80. The maximum atomic E-state index is 10.6. The highest BCUT2D eigenvalue weighted by atomic mass is 16.3. The summed E-state index contributed by atoms with van der Waals surface area (Å²) in [7, 11) is 1.87. The van der Waals surface area contributed by atoms with Crippen LogP contribution in [0.4, 0.5) is 0 Å². The van der Waals surface area contributed by atoms with Gasteiger partial charge in [-0.15, -0.1) is 0 Å². The van der Waals surface area contributed by atoms with Gasteiger partial charge in [0, 0.05) is 41.6 Å². The van der Waals surface area contributed by atoms with E-state index in [-0.39, 0.29) is 0 Å². The second kappa shape index (κ2) is 4.48. The summed E-state index contributed by atoms with van der Waals surface area (Å²) in [5, 5.41) is 16.8. The smallest absolute Gasteiger partial charge is 0.109 e. The van der Waals surface area contributed by atoms with Crippen molar-refractivity contribution < 1.29 is 5.11 Å². The van der Waals surface area contributed by atoms with Crippen LogP contribution in [0.15, 0.2) is 42.9 Å². The lowest BCUT2D eigenvalue weighted by atomic mass is 9.99. The Morgan fingerprint density at radius 2 is 1.89 bits per heavy atom. The second-order valence-electron chi connectivity index (χ2n) is 4.66. The van der Waals surface area contributed by atoms with E-state index >= 15 is 0 Å². The van der Waals surface area contributed by atoms with Gasteiger partial charge in [0.25, 0.3) is 0 Å². The molecule has 1 aromatic carbocycles. The van der Waals surface area contributed by atoms with Crippen LogP contribution in [0.3, 0.4) is 0 Å². The average Bonchev–Trinajstić information content (AvgIpc) is 2.78. The van der Waals surface area contributed by atoms with E-state index in [1.807, 2.05) is 44.4 Å². The fraction of sp³-hybridized carbons (Fsp3) is 0.200. The van der Waals surface area contributed by atoms with Crippen LogP contribution in [0.5, 0.6) is 0 Å². The van der Waals surface area contributed by atoms with Crippen LogP contribution in [-0.2, 0) is 7.05 Å². The van der Waals surface area contributed by atoms with Crippen molar-refractivity contribution in [3.05, 3.63) is 59.7 Å². The van der Waals surface area contributed by atoms with Gasteiger partial charge in [0.05, 0.1) is 6.20 Å². The van der Waals surface area contributed by atoms with E-state index in [0.717, 1.165) is 27.6 Å². The highest BCUT2D eigenvalue weighted by Gasteiger charge is 2.18. The number of pyridine rings is 1. The first-order valence-electron chi connectivity index (χ1n) is 6.17. The van der Waals surface area contributed by atoms with Crippen molar-refractivity contribution in [1.82, 2.24) is 14.8 Å². The third-order valence-corrected chi connectivity index (χ3v) is 3.56. The van der Waals surface area contributed by atoms with Gasteiger partial charge in [-0.2, -0.15) is 5.10 Å². The molecule has 0 aliphatic carbocycles. The lowest BCUT2D eigenvalue weighted by Crippen LogP contribution is -2.03. The molecule has 0 radical (unpaired) electrons. The van der Waals surface area contributed by atoms with Crippen LogP contribution < -0.4 is 0 Å². The van der Waals surface area contributed by atoms with Gasteiger partial charge in [-0.05, 0) is 12.3 Å². The molecule has 4 nitrogen and oxygen atoms in total. The number of hydrogen-bond donors (Lipinski definition) is 1. The summed E-state index contributed by atoms with van der Waals surface area (Å²) in [4.78, 5) is 4.21. The molecular formula is C15H15N3O. The normalized spacial score (nSPS) is 12.8. The molecule has 2 heterocycles. The average molecular weight is 253 g/mol. The topological polar surface area (TPSA) is 50.9 Å². The Labute approximate surface area is 111 Å². The third-order valence-electron chi connectivity index (χ3n) is 3.56. The molecule has 0 aliphatic rings. The van der Waals surface area contributed by atoms with Crippen LogP contribution in [0, 0.1) is 6.92 Å². The number of hydrogen-bond acceptors (Lipinski definition) is 3. The molecule has 2 aromatic heterocycles. The minimum Gasteiger partial charge on any atom is -0.383 e. The second-order valence-corrected chi connectivity index (χ2v) is 4.66. The first kappa shape index (κ1) is 11.9. The zero-order valence-corrected chi connectivity index (χ0v) is 10.9. The lowest BCUT2D eigenvalue weighted by molar-refractivity contribution is 0.220. The lowest BCUT2D eigenvalue weighted by Gasteiger charge is -2.13. The molecular weight excluding hydrogens is 238 g/mol. The Morgan fingerprint density at radius 3 is 2.63 bits per heavy atom. The molecule has 3 aromatic rings. The highest BCUT2D eigenvalue weighted by molar-refractivity contribution is 5.85. The summed E-state index contributed by atoms with van der Waals surface area (Å²) < 4.78 is 1.76. The molecule has 0 aliphatic heterocycles. The Hall–Kier alpha value is -2.20. The van der Waals surface area contributed by atoms with Gasteiger partial charge in [-0.1, -0.05) is 24.3 Å². The fourth-order valence-corrected chi connectivity index (χ4v) is 2.31. The van der Waals surface area contributed by atoms with Crippen molar-refractivity contribution in [2.24, 2.45) is 7.05 Å². The SMILES string of the molecule is Cc1c(C(O)c2cncc3ccccc23)cnn1C. The molecule has 1 N–H and O–H groups in total. The summed E-state index contributed by atoms with van der Waals surface area (Å²) >= 11 is 0. The summed E-state index contributed by atoms with van der Waals surface area (Å²) in [6.45, 7) is 1.95. The molecule has 0 bridgehead atoms. The molecule has 0 amide bonds. The predicted octanol–water partition coefficient (Wildman–Crippen LogP) is 2.36. The number of benzene rings is 1. The summed E-state index contributed by atoms with van der Waals surface area (Å²) in [6, 6.07) is 7.93. The number of aliphatic hydroxyl groups is 1. The van der Waals surface area contributed by atoms with E-state index in [1.165, 1.54) is 0 Å².